The van der Waals surface area contributed by atoms with Gasteiger partial charge >= 0.3 is 5.97 Å². The van der Waals surface area contributed by atoms with Gasteiger partial charge in [-0.1, -0.05) is 6.42 Å². The minimum absolute atomic E-state index is 0.0872. The lowest BCUT2D eigenvalue weighted by atomic mass is 9.95. The lowest BCUT2D eigenvalue weighted by Gasteiger charge is -2.31. The van der Waals surface area contributed by atoms with E-state index in [-0.39, 0.29) is 17.0 Å². The van der Waals surface area contributed by atoms with Gasteiger partial charge in [-0.05, 0) is 19.3 Å². The maximum atomic E-state index is 10.4. The smallest absolute Gasteiger partial charge is 0.313 e. The van der Waals surface area contributed by atoms with Crippen LogP contribution in [0.5, 0.6) is 0 Å². The highest BCUT2D eigenvalue weighted by molar-refractivity contribution is 8.00. The molecule has 2 N–H and O–H groups in total. The first kappa shape index (κ1) is 12.3. The van der Waals surface area contributed by atoms with Crippen molar-refractivity contribution in [2.24, 2.45) is 0 Å². The van der Waals surface area contributed by atoms with Crippen molar-refractivity contribution >= 4 is 24.1 Å². The number of thioether (sulfide) groups is 1. The Kier molecular flexibility index (Phi) is 4.90. The maximum absolute atomic E-state index is 10.4. The van der Waals surface area contributed by atoms with E-state index in [1.807, 2.05) is 0 Å². The molecule has 0 radical (unpaired) electrons. The first-order valence-electron chi connectivity index (χ1n) is 4.89. The molecule has 5 nitrogen and oxygen atoms in total. The lowest BCUT2D eigenvalue weighted by Crippen LogP contribution is -2.36. The van der Waals surface area contributed by atoms with Gasteiger partial charge in [0, 0.05) is 5.25 Å². The SMILES string of the molecule is O=CN(O)C1CCCC(SCC(=O)O)C1. The first-order chi connectivity index (χ1) is 7.13. The zero-order valence-electron chi connectivity index (χ0n) is 8.33. The van der Waals surface area contributed by atoms with Crippen LogP contribution in [0.2, 0.25) is 0 Å². The number of rotatable bonds is 5. The van der Waals surface area contributed by atoms with Gasteiger partial charge in [0.1, 0.15) is 0 Å². The molecular weight excluding hydrogens is 218 g/mol. The van der Waals surface area contributed by atoms with Crippen molar-refractivity contribution in [3.05, 3.63) is 0 Å². The molecule has 0 aliphatic heterocycles. The molecule has 0 saturated heterocycles. The van der Waals surface area contributed by atoms with E-state index >= 15 is 0 Å². The summed E-state index contributed by atoms with van der Waals surface area (Å²) < 4.78 is 0. The number of aliphatic carboxylic acids is 1. The topological polar surface area (TPSA) is 77.8 Å². The molecule has 86 valence electrons. The maximum Gasteiger partial charge on any atom is 0.313 e. The van der Waals surface area contributed by atoms with Gasteiger partial charge in [-0.25, -0.2) is 5.06 Å². The highest BCUT2D eigenvalue weighted by atomic mass is 32.2. The van der Waals surface area contributed by atoms with E-state index in [0.717, 1.165) is 19.3 Å². The second-order valence-corrected chi connectivity index (χ2v) is 4.92. The number of carboxylic acid groups (broad SMARTS) is 1. The molecule has 1 saturated carbocycles. The molecule has 1 aliphatic rings. The van der Waals surface area contributed by atoms with Crippen molar-refractivity contribution in [1.82, 2.24) is 5.06 Å². The number of carboxylic acids is 1. The van der Waals surface area contributed by atoms with Gasteiger partial charge < -0.3 is 5.11 Å². The number of carbonyl (C=O) groups excluding carboxylic acids is 1. The molecule has 0 aromatic carbocycles. The predicted octanol–water partition coefficient (Wildman–Crippen LogP) is 0.963. The molecule has 0 bridgehead atoms. The molecule has 6 heteroatoms. The Labute approximate surface area is 92.4 Å². The van der Waals surface area contributed by atoms with Crippen molar-refractivity contribution in [1.29, 1.82) is 0 Å². The Morgan fingerprint density at radius 1 is 1.53 bits per heavy atom. The first-order valence-corrected chi connectivity index (χ1v) is 5.94. The van der Waals surface area contributed by atoms with E-state index in [1.54, 1.807) is 0 Å². The van der Waals surface area contributed by atoms with Gasteiger partial charge in [-0.15, -0.1) is 11.8 Å². The predicted molar refractivity (Wildman–Crippen MR) is 55.8 cm³/mol. The summed E-state index contributed by atoms with van der Waals surface area (Å²) in [4.78, 5) is 20.7. The summed E-state index contributed by atoms with van der Waals surface area (Å²) >= 11 is 1.38. The average molecular weight is 233 g/mol. The summed E-state index contributed by atoms with van der Waals surface area (Å²) in [5.41, 5.74) is 0. The van der Waals surface area contributed by atoms with Gasteiger partial charge in [-0.3, -0.25) is 14.8 Å². The van der Waals surface area contributed by atoms with Crippen LogP contribution in [0.15, 0.2) is 0 Å². The van der Waals surface area contributed by atoms with Crippen LogP contribution in [0.25, 0.3) is 0 Å². The van der Waals surface area contributed by atoms with E-state index < -0.39 is 5.97 Å². The van der Waals surface area contributed by atoms with Crippen LogP contribution < -0.4 is 0 Å². The molecule has 0 spiro atoms. The third kappa shape index (κ3) is 4.09. The third-order valence-electron chi connectivity index (χ3n) is 2.52. The molecule has 1 rings (SSSR count). The molecule has 1 amide bonds. The fourth-order valence-corrected chi connectivity index (χ4v) is 2.86. The van der Waals surface area contributed by atoms with Crippen LogP contribution in [0.1, 0.15) is 25.7 Å². The average Bonchev–Trinajstić information content (AvgIpc) is 2.25. The summed E-state index contributed by atoms with van der Waals surface area (Å²) in [6.45, 7) is 0. The summed E-state index contributed by atoms with van der Waals surface area (Å²) in [6.07, 6.45) is 3.76. The number of carbonyl (C=O) groups is 2. The number of hydrogen-bond donors (Lipinski definition) is 2. The summed E-state index contributed by atoms with van der Waals surface area (Å²) in [5.74, 6) is -0.734. The van der Waals surface area contributed by atoms with Crippen LogP contribution in [-0.4, -0.2) is 44.8 Å². The minimum atomic E-state index is -0.821. The van der Waals surface area contributed by atoms with Crippen LogP contribution in [-0.2, 0) is 9.59 Å². The van der Waals surface area contributed by atoms with Gasteiger partial charge in [-0.2, -0.15) is 0 Å². The normalized spacial score (nSPS) is 25.9. The molecule has 1 aliphatic carbocycles. The summed E-state index contributed by atoms with van der Waals surface area (Å²) in [6, 6.07) is -0.150. The lowest BCUT2D eigenvalue weighted by molar-refractivity contribution is -0.162. The molecule has 0 aromatic heterocycles. The van der Waals surface area contributed by atoms with Gasteiger partial charge in [0.05, 0.1) is 11.8 Å². The highest BCUT2D eigenvalue weighted by Crippen LogP contribution is 2.30. The molecule has 2 unspecified atom stereocenters. The van der Waals surface area contributed by atoms with Crippen LogP contribution >= 0.6 is 11.8 Å². The molecule has 0 aromatic rings. The van der Waals surface area contributed by atoms with Crippen molar-refractivity contribution in [2.45, 2.75) is 37.0 Å². The van der Waals surface area contributed by atoms with Crippen LogP contribution in [0, 0.1) is 0 Å². The summed E-state index contributed by atoms with van der Waals surface area (Å²) in [7, 11) is 0. The van der Waals surface area contributed by atoms with E-state index in [4.69, 9.17) is 5.11 Å². The monoisotopic (exact) mass is 233 g/mol. The second-order valence-electron chi connectivity index (χ2n) is 3.63. The van der Waals surface area contributed by atoms with Crippen molar-refractivity contribution in [3.8, 4) is 0 Å². The second kappa shape index (κ2) is 5.97. The van der Waals surface area contributed by atoms with Gasteiger partial charge in [0.2, 0.25) is 6.41 Å². The van der Waals surface area contributed by atoms with Crippen molar-refractivity contribution in [3.63, 3.8) is 0 Å². The Morgan fingerprint density at radius 2 is 2.27 bits per heavy atom. The van der Waals surface area contributed by atoms with E-state index in [2.05, 4.69) is 0 Å². The fourth-order valence-electron chi connectivity index (χ4n) is 1.79. The van der Waals surface area contributed by atoms with Crippen molar-refractivity contribution < 1.29 is 19.9 Å². The van der Waals surface area contributed by atoms with Crippen LogP contribution in [0.4, 0.5) is 0 Å². The number of nitrogens with zero attached hydrogens (tertiary/aromatic N) is 1. The zero-order chi connectivity index (χ0) is 11.3. The Balaban J connectivity index is 2.35. The Hall–Kier alpha value is -0.750. The number of hydrogen-bond acceptors (Lipinski definition) is 4. The number of amides is 1. The minimum Gasteiger partial charge on any atom is -0.481 e. The Bertz CT molecular complexity index is 236. The van der Waals surface area contributed by atoms with E-state index in [0.29, 0.717) is 17.9 Å². The summed E-state index contributed by atoms with van der Waals surface area (Å²) in [5, 5.41) is 18.7. The van der Waals surface area contributed by atoms with Crippen LogP contribution in [0.3, 0.4) is 0 Å². The zero-order valence-corrected chi connectivity index (χ0v) is 9.15. The third-order valence-corrected chi connectivity index (χ3v) is 3.84. The number of hydroxylamine groups is 2. The fraction of sp³-hybridized carbons (Fsp3) is 0.778. The van der Waals surface area contributed by atoms with Crippen molar-refractivity contribution in [2.75, 3.05) is 5.75 Å². The quantitative estimate of drug-likeness (QED) is 0.420. The van der Waals surface area contributed by atoms with Gasteiger partial charge in [0.15, 0.2) is 0 Å². The molecule has 15 heavy (non-hydrogen) atoms. The van der Waals surface area contributed by atoms with E-state index in [1.165, 1.54) is 11.8 Å². The molecular formula is C9H15NO4S. The molecule has 2 atom stereocenters. The standard InChI is InChI=1S/C9H15NO4S/c11-6-10(14)7-2-1-3-8(4-7)15-5-9(12)13/h6-8,14H,1-5H2,(H,12,13). The van der Waals surface area contributed by atoms with E-state index in [9.17, 15) is 14.8 Å². The van der Waals surface area contributed by atoms with Gasteiger partial charge in [0.25, 0.3) is 0 Å². The highest BCUT2D eigenvalue weighted by Gasteiger charge is 2.26. The Morgan fingerprint density at radius 3 is 2.87 bits per heavy atom. The largest absolute Gasteiger partial charge is 0.481 e. The molecule has 0 heterocycles. The molecule has 1 fully saturated rings.